The summed E-state index contributed by atoms with van der Waals surface area (Å²) in [5.74, 6) is 0.977. The summed E-state index contributed by atoms with van der Waals surface area (Å²) < 4.78 is 0. The number of hydrogen-bond donors (Lipinski definition) is 1. The van der Waals surface area contributed by atoms with Crippen molar-refractivity contribution in [2.45, 2.75) is 65.7 Å². The van der Waals surface area contributed by atoms with Gasteiger partial charge in [0, 0.05) is 6.54 Å². The Morgan fingerprint density at radius 1 is 1.19 bits per heavy atom. The molecule has 0 atom stereocenters. The Bertz CT molecular complexity index is 216. The van der Waals surface area contributed by atoms with E-state index in [1.54, 1.807) is 0 Å². The average Bonchev–Trinajstić information content (AvgIpc) is 2.31. The second kappa shape index (κ2) is 4.68. The first-order chi connectivity index (χ1) is 7.58. The molecule has 2 aliphatic rings. The van der Waals surface area contributed by atoms with Crippen LogP contribution in [0.3, 0.4) is 0 Å². The van der Waals surface area contributed by atoms with E-state index < -0.39 is 0 Å². The van der Waals surface area contributed by atoms with E-state index in [1.807, 2.05) is 0 Å². The second-order valence-corrected chi connectivity index (χ2v) is 6.90. The molecule has 1 N–H and O–H groups in total. The highest BCUT2D eigenvalue weighted by molar-refractivity contribution is 4.92. The van der Waals surface area contributed by atoms with Crippen LogP contribution >= 0.6 is 0 Å². The standard InChI is InChI=1S/C15H29N/c1-4-14(2,3)13-6-9-15(10-7-13)8-5-11-16-12-15/h13,16H,4-12H2,1-3H3. The van der Waals surface area contributed by atoms with E-state index in [2.05, 4.69) is 26.1 Å². The fourth-order valence-corrected chi connectivity index (χ4v) is 3.76. The van der Waals surface area contributed by atoms with Gasteiger partial charge in [-0.2, -0.15) is 0 Å². The lowest BCUT2D eigenvalue weighted by Gasteiger charge is -2.47. The maximum atomic E-state index is 3.61. The van der Waals surface area contributed by atoms with E-state index in [1.165, 1.54) is 58.0 Å². The van der Waals surface area contributed by atoms with Crippen molar-refractivity contribution in [1.29, 1.82) is 0 Å². The summed E-state index contributed by atoms with van der Waals surface area (Å²) in [6, 6.07) is 0. The van der Waals surface area contributed by atoms with Crippen LogP contribution in [0.15, 0.2) is 0 Å². The van der Waals surface area contributed by atoms with Gasteiger partial charge in [-0.05, 0) is 61.8 Å². The molecule has 1 aliphatic heterocycles. The third kappa shape index (κ3) is 2.45. The molecule has 1 saturated heterocycles. The molecule has 0 radical (unpaired) electrons. The molecule has 1 spiro atoms. The monoisotopic (exact) mass is 223 g/mol. The topological polar surface area (TPSA) is 12.0 Å². The van der Waals surface area contributed by atoms with Gasteiger partial charge in [0.15, 0.2) is 0 Å². The first-order valence-corrected chi connectivity index (χ1v) is 7.29. The fraction of sp³-hybridized carbons (Fsp3) is 1.00. The van der Waals surface area contributed by atoms with E-state index in [0.717, 1.165) is 5.92 Å². The Labute approximate surface area is 101 Å². The summed E-state index contributed by atoms with van der Waals surface area (Å²) in [5, 5.41) is 3.61. The molecule has 1 heterocycles. The van der Waals surface area contributed by atoms with Crippen molar-refractivity contribution < 1.29 is 0 Å². The maximum Gasteiger partial charge on any atom is 0.000782 e. The number of rotatable bonds is 2. The molecular formula is C15H29N. The van der Waals surface area contributed by atoms with Gasteiger partial charge in [-0.15, -0.1) is 0 Å². The van der Waals surface area contributed by atoms with Crippen LogP contribution in [0.2, 0.25) is 0 Å². The molecule has 1 heteroatoms. The molecular weight excluding hydrogens is 194 g/mol. The Kier molecular flexibility index (Phi) is 3.63. The van der Waals surface area contributed by atoms with Crippen LogP contribution in [0.4, 0.5) is 0 Å². The molecule has 1 nitrogen and oxygen atoms in total. The van der Waals surface area contributed by atoms with Gasteiger partial charge in [-0.3, -0.25) is 0 Å². The molecule has 0 amide bonds. The van der Waals surface area contributed by atoms with Crippen molar-refractivity contribution in [2.24, 2.45) is 16.7 Å². The summed E-state index contributed by atoms with van der Waals surface area (Å²) in [7, 11) is 0. The molecule has 0 aromatic rings. The molecule has 16 heavy (non-hydrogen) atoms. The van der Waals surface area contributed by atoms with Gasteiger partial charge in [-0.25, -0.2) is 0 Å². The largest absolute Gasteiger partial charge is 0.316 e. The van der Waals surface area contributed by atoms with Crippen LogP contribution < -0.4 is 5.32 Å². The van der Waals surface area contributed by atoms with Gasteiger partial charge in [0.25, 0.3) is 0 Å². The van der Waals surface area contributed by atoms with Crippen molar-refractivity contribution in [3.05, 3.63) is 0 Å². The van der Waals surface area contributed by atoms with Crippen molar-refractivity contribution in [2.75, 3.05) is 13.1 Å². The second-order valence-electron chi connectivity index (χ2n) is 6.90. The number of piperidine rings is 1. The quantitative estimate of drug-likeness (QED) is 0.746. The summed E-state index contributed by atoms with van der Waals surface area (Å²) in [4.78, 5) is 0. The van der Waals surface area contributed by atoms with Crippen LogP contribution in [0.1, 0.15) is 65.7 Å². The highest BCUT2D eigenvalue weighted by Gasteiger charge is 2.39. The lowest BCUT2D eigenvalue weighted by atomic mass is 9.61. The molecule has 0 aromatic heterocycles. The number of nitrogens with one attached hydrogen (secondary N) is 1. The molecule has 94 valence electrons. The van der Waals surface area contributed by atoms with Gasteiger partial charge < -0.3 is 5.32 Å². The molecule has 0 unspecified atom stereocenters. The van der Waals surface area contributed by atoms with E-state index in [-0.39, 0.29) is 0 Å². The van der Waals surface area contributed by atoms with Gasteiger partial charge >= 0.3 is 0 Å². The molecule has 2 rings (SSSR count). The summed E-state index contributed by atoms with van der Waals surface area (Å²) in [5.41, 5.74) is 1.27. The summed E-state index contributed by atoms with van der Waals surface area (Å²) in [6.07, 6.45) is 10.1. The predicted octanol–water partition coefficient (Wildman–Crippen LogP) is 3.98. The molecule has 1 aliphatic carbocycles. The zero-order valence-electron chi connectivity index (χ0n) is 11.4. The first-order valence-electron chi connectivity index (χ1n) is 7.29. The molecule has 1 saturated carbocycles. The third-order valence-electron chi connectivity index (χ3n) is 5.62. The van der Waals surface area contributed by atoms with Gasteiger partial charge in [-0.1, -0.05) is 27.2 Å². The van der Waals surface area contributed by atoms with Gasteiger partial charge in [0.2, 0.25) is 0 Å². The van der Waals surface area contributed by atoms with Crippen molar-refractivity contribution >= 4 is 0 Å². The van der Waals surface area contributed by atoms with Crippen LogP contribution in [0.5, 0.6) is 0 Å². The fourth-order valence-electron chi connectivity index (χ4n) is 3.76. The Hall–Kier alpha value is -0.0400. The van der Waals surface area contributed by atoms with Crippen LogP contribution in [-0.4, -0.2) is 13.1 Å². The third-order valence-corrected chi connectivity index (χ3v) is 5.62. The van der Waals surface area contributed by atoms with Crippen molar-refractivity contribution in [3.8, 4) is 0 Å². The predicted molar refractivity (Wildman–Crippen MR) is 70.6 cm³/mol. The summed E-state index contributed by atoms with van der Waals surface area (Å²) in [6.45, 7) is 9.84. The first kappa shape index (κ1) is 12.4. The summed E-state index contributed by atoms with van der Waals surface area (Å²) >= 11 is 0. The Balaban J connectivity index is 1.91. The zero-order chi connectivity index (χ0) is 11.6. The van der Waals surface area contributed by atoms with Crippen LogP contribution in [0, 0.1) is 16.7 Å². The Morgan fingerprint density at radius 2 is 1.88 bits per heavy atom. The highest BCUT2D eigenvalue weighted by Crippen LogP contribution is 2.48. The van der Waals surface area contributed by atoms with Crippen LogP contribution in [-0.2, 0) is 0 Å². The van der Waals surface area contributed by atoms with Gasteiger partial charge in [0.1, 0.15) is 0 Å². The molecule has 0 aromatic carbocycles. The lowest BCUT2D eigenvalue weighted by molar-refractivity contribution is 0.0579. The molecule has 2 fully saturated rings. The average molecular weight is 223 g/mol. The zero-order valence-corrected chi connectivity index (χ0v) is 11.4. The van der Waals surface area contributed by atoms with Crippen molar-refractivity contribution in [1.82, 2.24) is 5.32 Å². The molecule has 0 bridgehead atoms. The van der Waals surface area contributed by atoms with Crippen molar-refractivity contribution in [3.63, 3.8) is 0 Å². The normalized spacial score (nSPS) is 36.6. The van der Waals surface area contributed by atoms with Crippen LogP contribution in [0.25, 0.3) is 0 Å². The minimum atomic E-state index is 0.573. The SMILES string of the molecule is CCC(C)(C)C1CCC2(CCCNC2)CC1. The Morgan fingerprint density at radius 3 is 2.38 bits per heavy atom. The lowest BCUT2D eigenvalue weighted by Crippen LogP contribution is -2.43. The van der Waals surface area contributed by atoms with E-state index >= 15 is 0 Å². The number of hydrogen-bond acceptors (Lipinski definition) is 1. The minimum absolute atomic E-state index is 0.573. The highest BCUT2D eigenvalue weighted by atomic mass is 14.9. The van der Waals surface area contributed by atoms with E-state index in [0.29, 0.717) is 10.8 Å². The van der Waals surface area contributed by atoms with E-state index in [4.69, 9.17) is 0 Å². The smallest absolute Gasteiger partial charge is 0.000782 e. The maximum absolute atomic E-state index is 3.61. The minimum Gasteiger partial charge on any atom is -0.316 e. The van der Waals surface area contributed by atoms with Gasteiger partial charge in [0.05, 0.1) is 0 Å². The van der Waals surface area contributed by atoms with E-state index in [9.17, 15) is 0 Å².